The summed E-state index contributed by atoms with van der Waals surface area (Å²) < 4.78 is 0. The van der Waals surface area contributed by atoms with Crippen molar-refractivity contribution in [3.05, 3.63) is 23.9 Å². The highest BCUT2D eigenvalue weighted by Crippen LogP contribution is 2.10. The zero-order valence-corrected chi connectivity index (χ0v) is 10.8. The summed E-state index contributed by atoms with van der Waals surface area (Å²) in [5.74, 6) is 1.66. The van der Waals surface area contributed by atoms with E-state index in [1.54, 1.807) is 0 Å². The Bertz CT molecular complexity index is 310. The Morgan fingerprint density at radius 3 is 2.75 bits per heavy atom. The third kappa shape index (κ3) is 4.19. The van der Waals surface area contributed by atoms with Crippen LogP contribution in [-0.4, -0.2) is 30.0 Å². The van der Waals surface area contributed by atoms with Crippen LogP contribution in [0.5, 0.6) is 0 Å². The van der Waals surface area contributed by atoms with Crippen molar-refractivity contribution in [2.45, 2.75) is 27.3 Å². The predicted molar refractivity (Wildman–Crippen MR) is 69.6 cm³/mol. The average Bonchev–Trinajstić information content (AvgIpc) is 2.28. The molecule has 1 rings (SSSR count). The van der Waals surface area contributed by atoms with E-state index in [4.69, 9.17) is 0 Å². The summed E-state index contributed by atoms with van der Waals surface area (Å²) >= 11 is 0. The van der Waals surface area contributed by atoms with Gasteiger partial charge in [0.1, 0.15) is 5.82 Å². The summed E-state index contributed by atoms with van der Waals surface area (Å²) in [6, 6.07) is 4.20. The molecule has 0 unspecified atom stereocenters. The monoisotopic (exact) mass is 221 g/mol. The Balaban J connectivity index is 2.62. The number of nitrogens with zero attached hydrogens (tertiary/aromatic N) is 2. The lowest BCUT2D eigenvalue weighted by Crippen LogP contribution is -2.27. The molecular formula is C13H23N3. The van der Waals surface area contributed by atoms with E-state index in [0.717, 1.165) is 25.5 Å². The summed E-state index contributed by atoms with van der Waals surface area (Å²) in [6.45, 7) is 9.97. The SMILES string of the molecule is CCN(Cc1ccnc(NC)c1)CC(C)C. The van der Waals surface area contributed by atoms with Gasteiger partial charge in [-0.25, -0.2) is 4.98 Å². The average molecular weight is 221 g/mol. The van der Waals surface area contributed by atoms with Gasteiger partial charge in [-0.15, -0.1) is 0 Å². The third-order valence-corrected chi connectivity index (χ3v) is 2.56. The van der Waals surface area contributed by atoms with Crippen LogP contribution in [-0.2, 0) is 6.54 Å². The van der Waals surface area contributed by atoms with Crippen LogP contribution < -0.4 is 5.32 Å². The fourth-order valence-corrected chi connectivity index (χ4v) is 1.79. The zero-order valence-electron chi connectivity index (χ0n) is 10.8. The first-order valence-electron chi connectivity index (χ1n) is 6.00. The molecule has 0 amide bonds. The van der Waals surface area contributed by atoms with Crippen LogP contribution in [0.4, 0.5) is 5.82 Å². The van der Waals surface area contributed by atoms with Crippen LogP contribution in [0.25, 0.3) is 0 Å². The number of hydrogen-bond donors (Lipinski definition) is 1. The van der Waals surface area contributed by atoms with E-state index in [0.29, 0.717) is 5.92 Å². The molecule has 1 heterocycles. The molecule has 0 saturated heterocycles. The number of pyridine rings is 1. The minimum atomic E-state index is 0.713. The van der Waals surface area contributed by atoms with E-state index in [-0.39, 0.29) is 0 Å². The van der Waals surface area contributed by atoms with Gasteiger partial charge >= 0.3 is 0 Å². The predicted octanol–water partition coefficient (Wildman–Crippen LogP) is 2.60. The Labute approximate surface area is 98.9 Å². The van der Waals surface area contributed by atoms with Gasteiger partial charge in [0.2, 0.25) is 0 Å². The fraction of sp³-hybridized carbons (Fsp3) is 0.615. The van der Waals surface area contributed by atoms with Gasteiger partial charge in [0, 0.05) is 26.3 Å². The Kier molecular flexibility index (Phi) is 5.26. The molecule has 0 radical (unpaired) electrons. The van der Waals surface area contributed by atoms with E-state index in [1.807, 2.05) is 13.2 Å². The highest BCUT2D eigenvalue weighted by molar-refractivity contribution is 5.36. The molecule has 3 nitrogen and oxygen atoms in total. The topological polar surface area (TPSA) is 28.2 Å². The van der Waals surface area contributed by atoms with Crippen molar-refractivity contribution in [1.29, 1.82) is 0 Å². The summed E-state index contributed by atoms with van der Waals surface area (Å²) in [6.07, 6.45) is 1.87. The lowest BCUT2D eigenvalue weighted by Gasteiger charge is -2.22. The summed E-state index contributed by atoms with van der Waals surface area (Å²) in [4.78, 5) is 6.68. The number of nitrogens with one attached hydrogen (secondary N) is 1. The van der Waals surface area contributed by atoms with Crippen molar-refractivity contribution in [1.82, 2.24) is 9.88 Å². The maximum absolute atomic E-state index is 4.22. The van der Waals surface area contributed by atoms with Crippen molar-refractivity contribution in [2.75, 3.05) is 25.5 Å². The van der Waals surface area contributed by atoms with Crippen molar-refractivity contribution in [3.63, 3.8) is 0 Å². The highest BCUT2D eigenvalue weighted by Gasteiger charge is 2.06. The Morgan fingerprint density at radius 1 is 1.44 bits per heavy atom. The molecule has 0 spiro atoms. The standard InChI is InChI=1S/C13H23N3/c1-5-16(9-11(2)3)10-12-6-7-15-13(8-12)14-4/h6-8,11H,5,9-10H2,1-4H3,(H,14,15). The first-order valence-corrected chi connectivity index (χ1v) is 6.00. The molecule has 0 saturated carbocycles. The summed E-state index contributed by atoms with van der Waals surface area (Å²) in [5.41, 5.74) is 1.32. The summed E-state index contributed by atoms with van der Waals surface area (Å²) in [5, 5.41) is 3.07. The van der Waals surface area contributed by atoms with E-state index in [2.05, 4.69) is 48.1 Å². The number of aromatic nitrogens is 1. The van der Waals surface area contributed by atoms with E-state index in [1.165, 1.54) is 5.56 Å². The van der Waals surface area contributed by atoms with E-state index < -0.39 is 0 Å². The maximum atomic E-state index is 4.22. The second-order valence-electron chi connectivity index (χ2n) is 4.52. The van der Waals surface area contributed by atoms with Gasteiger partial charge in [-0.05, 0) is 30.2 Å². The molecular weight excluding hydrogens is 198 g/mol. The molecule has 0 atom stereocenters. The largest absolute Gasteiger partial charge is 0.373 e. The summed E-state index contributed by atoms with van der Waals surface area (Å²) in [7, 11) is 1.90. The van der Waals surface area contributed by atoms with Crippen molar-refractivity contribution < 1.29 is 0 Å². The lowest BCUT2D eigenvalue weighted by atomic mass is 10.2. The second-order valence-corrected chi connectivity index (χ2v) is 4.52. The molecule has 0 aliphatic heterocycles. The van der Waals surface area contributed by atoms with Crippen LogP contribution in [0.2, 0.25) is 0 Å². The van der Waals surface area contributed by atoms with Gasteiger partial charge < -0.3 is 5.32 Å². The molecule has 16 heavy (non-hydrogen) atoms. The van der Waals surface area contributed by atoms with Crippen LogP contribution in [0.15, 0.2) is 18.3 Å². The van der Waals surface area contributed by atoms with Crippen molar-refractivity contribution in [2.24, 2.45) is 5.92 Å². The number of anilines is 1. The number of rotatable bonds is 6. The van der Waals surface area contributed by atoms with Gasteiger partial charge in [0.25, 0.3) is 0 Å². The molecule has 1 aromatic heterocycles. The van der Waals surface area contributed by atoms with Gasteiger partial charge in [0.05, 0.1) is 0 Å². The minimum absolute atomic E-state index is 0.713. The van der Waals surface area contributed by atoms with E-state index >= 15 is 0 Å². The van der Waals surface area contributed by atoms with Crippen LogP contribution in [0.3, 0.4) is 0 Å². The Morgan fingerprint density at radius 2 is 2.19 bits per heavy atom. The van der Waals surface area contributed by atoms with Crippen LogP contribution in [0, 0.1) is 5.92 Å². The Hall–Kier alpha value is -1.09. The normalized spacial score (nSPS) is 11.1. The molecule has 1 aromatic rings. The highest BCUT2D eigenvalue weighted by atomic mass is 15.1. The van der Waals surface area contributed by atoms with Crippen LogP contribution >= 0.6 is 0 Å². The van der Waals surface area contributed by atoms with Crippen molar-refractivity contribution >= 4 is 5.82 Å². The van der Waals surface area contributed by atoms with Gasteiger partial charge in [-0.3, -0.25) is 4.90 Å². The van der Waals surface area contributed by atoms with Crippen LogP contribution in [0.1, 0.15) is 26.3 Å². The smallest absolute Gasteiger partial charge is 0.125 e. The quantitative estimate of drug-likeness (QED) is 0.800. The third-order valence-electron chi connectivity index (χ3n) is 2.56. The molecule has 0 aliphatic carbocycles. The maximum Gasteiger partial charge on any atom is 0.125 e. The second kappa shape index (κ2) is 6.48. The zero-order chi connectivity index (χ0) is 12.0. The molecule has 0 bridgehead atoms. The first kappa shape index (κ1) is 13.0. The lowest BCUT2D eigenvalue weighted by molar-refractivity contribution is 0.248. The van der Waals surface area contributed by atoms with E-state index in [9.17, 15) is 0 Å². The van der Waals surface area contributed by atoms with Gasteiger partial charge in [0.15, 0.2) is 0 Å². The van der Waals surface area contributed by atoms with Crippen molar-refractivity contribution in [3.8, 4) is 0 Å². The molecule has 1 N–H and O–H groups in total. The molecule has 0 aromatic carbocycles. The first-order chi connectivity index (χ1) is 7.65. The molecule has 90 valence electrons. The van der Waals surface area contributed by atoms with Gasteiger partial charge in [-0.1, -0.05) is 20.8 Å². The molecule has 3 heteroatoms. The number of hydrogen-bond acceptors (Lipinski definition) is 3. The van der Waals surface area contributed by atoms with Gasteiger partial charge in [-0.2, -0.15) is 0 Å². The minimum Gasteiger partial charge on any atom is -0.373 e. The molecule has 0 aliphatic rings. The fourth-order valence-electron chi connectivity index (χ4n) is 1.79. The molecule has 0 fully saturated rings.